The fourth-order valence-electron chi connectivity index (χ4n) is 3.48. The molecule has 29 heavy (non-hydrogen) atoms. The van der Waals surface area contributed by atoms with Crippen LogP contribution in [0.5, 0.6) is 0 Å². The highest BCUT2D eigenvalue weighted by Gasteiger charge is 2.45. The Morgan fingerprint density at radius 2 is 1.79 bits per heavy atom. The maximum Gasteiger partial charge on any atom is 0.261 e. The third-order valence-corrected chi connectivity index (χ3v) is 4.94. The van der Waals surface area contributed by atoms with Gasteiger partial charge in [0, 0.05) is 13.5 Å². The van der Waals surface area contributed by atoms with E-state index in [1.165, 1.54) is 6.92 Å². The number of carbonyl (C=O) groups is 3. The Kier molecular flexibility index (Phi) is 6.60. The zero-order valence-corrected chi connectivity index (χ0v) is 15.9. The molecule has 1 saturated heterocycles. The van der Waals surface area contributed by atoms with Crippen molar-refractivity contribution in [3.8, 4) is 0 Å². The number of rotatable bonds is 7. The zero-order chi connectivity index (χ0) is 21.1. The normalized spacial score (nSPS) is 29.1. The van der Waals surface area contributed by atoms with Gasteiger partial charge in [0.25, 0.3) is 11.8 Å². The molecular formula is C19H24N2O8. The van der Waals surface area contributed by atoms with Crippen molar-refractivity contribution >= 4 is 17.7 Å². The van der Waals surface area contributed by atoms with Crippen LogP contribution in [0.2, 0.25) is 0 Å². The predicted molar refractivity (Wildman–Crippen MR) is 97.7 cm³/mol. The summed E-state index contributed by atoms with van der Waals surface area (Å²) in [5.74, 6) is -1.18. The summed E-state index contributed by atoms with van der Waals surface area (Å²) in [6.45, 7) is 0.879. The number of fused-ring (bicyclic) bond motifs is 1. The van der Waals surface area contributed by atoms with Gasteiger partial charge < -0.3 is 30.1 Å². The number of benzene rings is 1. The molecule has 10 nitrogen and oxygen atoms in total. The first-order valence-corrected chi connectivity index (χ1v) is 9.31. The van der Waals surface area contributed by atoms with Crippen LogP contribution in [0.25, 0.3) is 0 Å². The minimum Gasteiger partial charge on any atom is -0.394 e. The number of nitrogens with zero attached hydrogens (tertiary/aromatic N) is 1. The summed E-state index contributed by atoms with van der Waals surface area (Å²) in [6.07, 6.45) is -4.69. The van der Waals surface area contributed by atoms with E-state index in [2.05, 4.69) is 5.32 Å². The number of hydrogen-bond acceptors (Lipinski definition) is 8. The predicted octanol–water partition coefficient (Wildman–Crippen LogP) is -1.37. The number of nitrogens with one attached hydrogen (secondary N) is 1. The van der Waals surface area contributed by atoms with Crippen LogP contribution in [0.3, 0.4) is 0 Å². The van der Waals surface area contributed by atoms with Crippen LogP contribution in [-0.4, -0.2) is 88.3 Å². The Bertz CT molecular complexity index is 750. The average molecular weight is 408 g/mol. The van der Waals surface area contributed by atoms with Crippen LogP contribution in [-0.2, 0) is 14.3 Å². The molecule has 4 N–H and O–H groups in total. The van der Waals surface area contributed by atoms with Crippen LogP contribution >= 0.6 is 0 Å². The Morgan fingerprint density at radius 3 is 2.34 bits per heavy atom. The van der Waals surface area contributed by atoms with Crippen molar-refractivity contribution in [3.05, 3.63) is 35.4 Å². The van der Waals surface area contributed by atoms with E-state index in [1.54, 1.807) is 24.3 Å². The molecular weight excluding hydrogens is 384 g/mol. The van der Waals surface area contributed by atoms with Gasteiger partial charge in [0.1, 0.15) is 24.4 Å². The minimum absolute atomic E-state index is 0.0507. The Morgan fingerprint density at radius 1 is 1.17 bits per heavy atom. The van der Waals surface area contributed by atoms with E-state index in [0.29, 0.717) is 17.5 Å². The molecule has 3 amide bonds. The Labute approximate surface area is 167 Å². The van der Waals surface area contributed by atoms with Crippen molar-refractivity contribution in [2.45, 2.75) is 44.0 Å². The lowest BCUT2D eigenvalue weighted by atomic mass is 9.97. The quantitative estimate of drug-likeness (QED) is 0.319. The van der Waals surface area contributed by atoms with Crippen molar-refractivity contribution < 1.29 is 39.2 Å². The van der Waals surface area contributed by atoms with E-state index in [0.717, 1.165) is 4.90 Å². The summed E-state index contributed by atoms with van der Waals surface area (Å²) in [7, 11) is 0. The van der Waals surface area contributed by atoms with Gasteiger partial charge in [-0.3, -0.25) is 19.3 Å². The maximum atomic E-state index is 12.3. The van der Waals surface area contributed by atoms with Crippen molar-refractivity contribution in [2.24, 2.45) is 0 Å². The second kappa shape index (κ2) is 8.97. The molecule has 2 heterocycles. The molecule has 2 aliphatic heterocycles. The van der Waals surface area contributed by atoms with Crippen LogP contribution in [0, 0.1) is 0 Å². The van der Waals surface area contributed by atoms with Gasteiger partial charge in [-0.15, -0.1) is 0 Å². The van der Waals surface area contributed by atoms with Crippen LogP contribution in [0.1, 0.15) is 34.1 Å². The first-order valence-electron chi connectivity index (χ1n) is 9.31. The zero-order valence-electron chi connectivity index (χ0n) is 15.9. The summed E-state index contributed by atoms with van der Waals surface area (Å²) in [6, 6.07) is 5.54. The molecule has 5 unspecified atom stereocenters. The lowest BCUT2D eigenvalue weighted by Crippen LogP contribution is -2.64. The number of aliphatic hydroxyl groups excluding tert-OH is 3. The largest absolute Gasteiger partial charge is 0.394 e. The minimum atomic E-state index is -1.40. The number of amides is 3. The van der Waals surface area contributed by atoms with Crippen molar-refractivity contribution in [2.75, 3.05) is 19.8 Å². The van der Waals surface area contributed by atoms with Gasteiger partial charge in [0.15, 0.2) is 6.29 Å². The summed E-state index contributed by atoms with van der Waals surface area (Å²) in [5.41, 5.74) is 0.727. The Balaban J connectivity index is 1.56. The molecule has 10 heteroatoms. The van der Waals surface area contributed by atoms with Crippen LogP contribution in [0.15, 0.2) is 24.3 Å². The molecule has 3 rings (SSSR count). The molecule has 0 saturated carbocycles. The maximum absolute atomic E-state index is 12.3. The van der Waals surface area contributed by atoms with E-state index < -0.39 is 43.2 Å². The molecule has 1 aromatic carbocycles. The van der Waals surface area contributed by atoms with Crippen LogP contribution in [0.4, 0.5) is 0 Å². The average Bonchev–Trinajstić information content (AvgIpc) is 2.94. The topological polar surface area (TPSA) is 146 Å². The van der Waals surface area contributed by atoms with Crippen molar-refractivity contribution in [3.63, 3.8) is 0 Å². The fourth-order valence-corrected chi connectivity index (χ4v) is 3.48. The monoisotopic (exact) mass is 408 g/mol. The highest BCUT2D eigenvalue weighted by atomic mass is 16.7. The number of aliphatic hydroxyl groups is 3. The van der Waals surface area contributed by atoms with E-state index in [4.69, 9.17) is 9.47 Å². The third kappa shape index (κ3) is 4.31. The summed E-state index contributed by atoms with van der Waals surface area (Å²) < 4.78 is 11.0. The lowest BCUT2D eigenvalue weighted by molar-refractivity contribution is -0.270. The van der Waals surface area contributed by atoms with E-state index in [9.17, 15) is 29.7 Å². The Hall–Kier alpha value is -2.37. The molecule has 0 aromatic heterocycles. The number of carbonyl (C=O) groups excluding carboxylic acids is 3. The SMILES string of the molecule is CC(=O)NC1C(OCCCN2C(=O)c3ccccc3C2=O)OC(CO)C(O)C1O. The fraction of sp³-hybridized carbons (Fsp3) is 0.526. The molecule has 0 aliphatic carbocycles. The summed E-state index contributed by atoms with van der Waals surface area (Å²) in [5, 5.41) is 32.0. The molecule has 0 spiro atoms. The number of imide groups is 1. The summed E-state index contributed by atoms with van der Waals surface area (Å²) >= 11 is 0. The smallest absolute Gasteiger partial charge is 0.261 e. The van der Waals surface area contributed by atoms with Crippen LogP contribution < -0.4 is 5.32 Å². The standard InChI is InChI=1S/C19H24N2O8/c1-10(23)20-14-16(25)15(24)13(9-22)29-19(14)28-8-4-7-21-17(26)11-5-2-3-6-12(11)18(21)27/h2-3,5-6,13-16,19,22,24-25H,4,7-9H2,1H3,(H,20,23). The highest BCUT2D eigenvalue weighted by Crippen LogP contribution is 2.24. The molecule has 5 atom stereocenters. The van der Waals surface area contributed by atoms with Gasteiger partial charge >= 0.3 is 0 Å². The molecule has 0 radical (unpaired) electrons. The first kappa shape index (κ1) is 21.3. The highest BCUT2D eigenvalue weighted by molar-refractivity contribution is 6.21. The molecule has 0 bridgehead atoms. The second-order valence-electron chi connectivity index (χ2n) is 6.96. The molecule has 158 valence electrons. The van der Waals surface area contributed by atoms with Gasteiger partial charge in [0.2, 0.25) is 5.91 Å². The van der Waals surface area contributed by atoms with Crippen molar-refractivity contribution in [1.82, 2.24) is 10.2 Å². The molecule has 1 aromatic rings. The number of ether oxygens (including phenoxy) is 2. The summed E-state index contributed by atoms with van der Waals surface area (Å²) in [4.78, 5) is 37.2. The third-order valence-electron chi connectivity index (χ3n) is 4.94. The van der Waals surface area contributed by atoms with Gasteiger partial charge in [-0.2, -0.15) is 0 Å². The van der Waals surface area contributed by atoms with E-state index >= 15 is 0 Å². The van der Waals surface area contributed by atoms with Gasteiger partial charge in [-0.1, -0.05) is 12.1 Å². The van der Waals surface area contributed by atoms with E-state index in [-0.39, 0.29) is 25.0 Å². The van der Waals surface area contributed by atoms with Gasteiger partial charge in [-0.05, 0) is 18.6 Å². The van der Waals surface area contributed by atoms with Gasteiger partial charge in [0.05, 0.1) is 24.3 Å². The molecule has 1 fully saturated rings. The lowest BCUT2D eigenvalue weighted by Gasteiger charge is -2.42. The second-order valence-corrected chi connectivity index (χ2v) is 6.96. The molecule has 2 aliphatic rings. The number of hydrogen-bond donors (Lipinski definition) is 4. The first-order chi connectivity index (χ1) is 13.8. The van der Waals surface area contributed by atoms with Gasteiger partial charge in [-0.25, -0.2) is 0 Å². The van der Waals surface area contributed by atoms with Crippen molar-refractivity contribution in [1.29, 1.82) is 0 Å². The van der Waals surface area contributed by atoms with E-state index in [1.807, 2.05) is 0 Å².